The van der Waals surface area contributed by atoms with Crippen molar-refractivity contribution in [2.75, 3.05) is 0 Å². The smallest absolute Gasteiger partial charge is 0.239 e. The molecule has 1 aliphatic rings. The summed E-state index contributed by atoms with van der Waals surface area (Å²) in [6.45, 7) is 2.61. The second kappa shape index (κ2) is 12.1. The molecule has 0 spiro atoms. The predicted molar refractivity (Wildman–Crippen MR) is 173 cm³/mol. The number of hydrogen-bond acceptors (Lipinski definition) is 4. The lowest BCUT2D eigenvalue weighted by atomic mass is 9.91. The normalized spacial score (nSPS) is 18.4. The quantitative estimate of drug-likeness (QED) is 0.193. The zero-order valence-corrected chi connectivity index (χ0v) is 26.1. The number of pyridine rings is 1. The zero-order valence-electron chi connectivity index (χ0n) is 23.8. The van der Waals surface area contributed by atoms with Crippen molar-refractivity contribution in [2.24, 2.45) is 7.05 Å². The summed E-state index contributed by atoms with van der Waals surface area (Å²) in [5.74, 6) is -0.315. The summed E-state index contributed by atoms with van der Waals surface area (Å²) < 4.78 is 0.828. The number of nitrogens with one attached hydrogen (secondary N) is 1. The van der Waals surface area contributed by atoms with Gasteiger partial charge >= 0.3 is 0 Å². The van der Waals surface area contributed by atoms with Crippen molar-refractivity contribution in [3.63, 3.8) is 0 Å². The Morgan fingerprint density at radius 1 is 1.02 bits per heavy atom. The summed E-state index contributed by atoms with van der Waals surface area (Å²) in [5, 5.41) is 5.33. The largest absolute Gasteiger partial charge is 0.350 e. The molecule has 3 heterocycles. The van der Waals surface area contributed by atoms with Gasteiger partial charge in [0.15, 0.2) is 0 Å². The summed E-state index contributed by atoms with van der Waals surface area (Å²) in [6.07, 6.45) is 3.76. The van der Waals surface area contributed by atoms with Crippen LogP contribution < -0.4 is 5.32 Å². The first-order chi connectivity index (χ1) is 20.7. The number of rotatable bonds is 8. The van der Waals surface area contributed by atoms with Crippen LogP contribution in [-0.4, -0.2) is 31.0 Å². The van der Waals surface area contributed by atoms with Crippen LogP contribution in [0.4, 0.5) is 0 Å². The van der Waals surface area contributed by atoms with Gasteiger partial charge in [-0.15, -0.1) is 11.8 Å². The maximum Gasteiger partial charge on any atom is 0.239 e. The van der Waals surface area contributed by atoms with Gasteiger partial charge in [-0.2, -0.15) is 0 Å². The Kier molecular flexibility index (Phi) is 8.23. The minimum absolute atomic E-state index is 0.0296. The van der Waals surface area contributed by atoms with E-state index in [0.29, 0.717) is 16.6 Å². The standard InChI is InChI=1S/C34H30Cl2N4O2S/c1-22-6-13-27(14-7-22)43-34(33(42)38-19-26-5-3-4-16-37-26)18-31(41)40(20-23-8-10-24(35)11-9-23)32(34)29-21-39(2)30-17-25(36)12-15-28(29)30/h3-17,21,32H,18-20H2,1-2H3,(H,38,42)/t32-,34-/m1/s1. The Morgan fingerprint density at radius 2 is 1.77 bits per heavy atom. The van der Waals surface area contributed by atoms with Crippen LogP contribution in [0.15, 0.2) is 102 Å². The zero-order chi connectivity index (χ0) is 30.1. The fourth-order valence-corrected chi connectivity index (χ4v) is 7.50. The molecule has 0 bridgehead atoms. The predicted octanol–water partition coefficient (Wildman–Crippen LogP) is 7.51. The van der Waals surface area contributed by atoms with Crippen molar-refractivity contribution in [3.05, 3.63) is 130 Å². The molecule has 1 N–H and O–H groups in total. The van der Waals surface area contributed by atoms with E-state index in [1.54, 1.807) is 6.20 Å². The first kappa shape index (κ1) is 29.3. The maximum absolute atomic E-state index is 14.6. The number of amides is 2. The highest BCUT2D eigenvalue weighted by molar-refractivity contribution is 8.01. The molecule has 0 aliphatic carbocycles. The van der Waals surface area contributed by atoms with Gasteiger partial charge in [0.2, 0.25) is 11.8 Å². The van der Waals surface area contributed by atoms with Crippen molar-refractivity contribution in [1.82, 2.24) is 19.8 Å². The van der Waals surface area contributed by atoms with Gasteiger partial charge in [0, 0.05) is 57.4 Å². The molecule has 6 rings (SSSR count). The molecular formula is C34H30Cl2N4O2S. The fourth-order valence-electron chi connectivity index (χ4n) is 5.79. The molecule has 0 radical (unpaired) electrons. The van der Waals surface area contributed by atoms with Gasteiger partial charge in [-0.25, -0.2) is 0 Å². The van der Waals surface area contributed by atoms with Crippen LogP contribution in [0.3, 0.4) is 0 Å². The molecule has 9 heteroatoms. The number of aromatic nitrogens is 2. The summed E-state index contributed by atoms with van der Waals surface area (Å²) in [4.78, 5) is 35.9. The lowest BCUT2D eigenvalue weighted by Gasteiger charge is -2.36. The second-order valence-electron chi connectivity index (χ2n) is 10.9. The number of likely N-dealkylation sites (tertiary alicyclic amines) is 1. The first-order valence-corrected chi connectivity index (χ1v) is 15.5. The van der Waals surface area contributed by atoms with Crippen molar-refractivity contribution in [1.29, 1.82) is 0 Å². The lowest BCUT2D eigenvalue weighted by Crippen LogP contribution is -2.48. The monoisotopic (exact) mass is 628 g/mol. The second-order valence-corrected chi connectivity index (χ2v) is 13.2. The van der Waals surface area contributed by atoms with Gasteiger partial charge in [-0.1, -0.05) is 65.2 Å². The van der Waals surface area contributed by atoms with Crippen LogP contribution in [0.5, 0.6) is 0 Å². The van der Waals surface area contributed by atoms with E-state index < -0.39 is 10.8 Å². The maximum atomic E-state index is 14.6. The number of benzene rings is 3. The Labute approximate surface area is 265 Å². The Bertz CT molecular complexity index is 1790. The third-order valence-electron chi connectivity index (χ3n) is 7.89. The molecule has 0 saturated carbocycles. The molecule has 2 aromatic heterocycles. The van der Waals surface area contributed by atoms with Gasteiger partial charge in [0.1, 0.15) is 4.75 Å². The number of aryl methyl sites for hydroxylation is 2. The van der Waals surface area contributed by atoms with E-state index in [9.17, 15) is 9.59 Å². The molecule has 1 fully saturated rings. The van der Waals surface area contributed by atoms with E-state index in [1.165, 1.54) is 11.8 Å². The highest BCUT2D eigenvalue weighted by atomic mass is 35.5. The number of carbonyl (C=O) groups is 2. The van der Waals surface area contributed by atoms with Crippen molar-refractivity contribution in [3.8, 4) is 0 Å². The topological polar surface area (TPSA) is 67.2 Å². The molecule has 43 heavy (non-hydrogen) atoms. The Hall–Kier alpha value is -3.78. The lowest BCUT2D eigenvalue weighted by molar-refractivity contribution is -0.129. The first-order valence-electron chi connectivity index (χ1n) is 14.0. The third kappa shape index (κ3) is 5.90. The van der Waals surface area contributed by atoms with Gasteiger partial charge in [0.25, 0.3) is 0 Å². The SMILES string of the molecule is Cc1ccc(S[C@]2(C(=O)NCc3ccccn3)CC(=O)N(Cc3ccc(Cl)cc3)[C@@H]2c2cn(C)c3cc(Cl)ccc23)cc1. The number of halogens is 2. The molecule has 1 aliphatic heterocycles. The summed E-state index contributed by atoms with van der Waals surface area (Å²) in [7, 11) is 1.96. The molecule has 2 atom stereocenters. The van der Waals surface area contributed by atoms with E-state index in [2.05, 4.69) is 10.3 Å². The number of thioether (sulfide) groups is 1. The molecule has 218 valence electrons. The van der Waals surface area contributed by atoms with E-state index >= 15 is 0 Å². The van der Waals surface area contributed by atoms with Crippen LogP contribution >= 0.6 is 35.0 Å². The van der Waals surface area contributed by atoms with Crippen LogP contribution in [-0.2, 0) is 29.7 Å². The van der Waals surface area contributed by atoms with E-state index in [4.69, 9.17) is 23.2 Å². The molecule has 2 amide bonds. The minimum Gasteiger partial charge on any atom is -0.350 e. The van der Waals surface area contributed by atoms with Crippen molar-refractivity contribution in [2.45, 2.75) is 42.1 Å². The van der Waals surface area contributed by atoms with E-state index in [-0.39, 0.29) is 24.8 Å². The molecule has 1 saturated heterocycles. The van der Waals surface area contributed by atoms with Crippen LogP contribution in [0, 0.1) is 6.92 Å². The molecule has 0 unspecified atom stereocenters. The third-order valence-corrected chi connectivity index (χ3v) is 9.81. The summed E-state index contributed by atoms with van der Waals surface area (Å²) in [5.41, 5.74) is 4.60. The van der Waals surface area contributed by atoms with Gasteiger partial charge in [-0.05, 0) is 61.0 Å². The Balaban J connectivity index is 1.51. The molecule has 3 aromatic carbocycles. The van der Waals surface area contributed by atoms with Crippen LogP contribution in [0.25, 0.3) is 10.9 Å². The summed E-state index contributed by atoms with van der Waals surface area (Å²) in [6, 6.07) is 26.3. The highest BCUT2D eigenvalue weighted by Gasteiger charge is 2.58. The fraction of sp³-hybridized carbons (Fsp3) is 0.206. The van der Waals surface area contributed by atoms with Gasteiger partial charge in [0.05, 0.1) is 24.7 Å². The van der Waals surface area contributed by atoms with Crippen LogP contribution in [0.1, 0.15) is 34.8 Å². The van der Waals surface area contributed by atoms with Crippen molar-refractivity contribution >= 4 is 57.7 Å². The van der Waals surface area contributed by atoms with Gasteiger partial charge in [-0.3, -0.25) is 14.6 Å². The highest BCUT2D eigenvalue weighted by Crippen LogP contribution is 2.54. The Morgan fingerprint density at radius 3 is 2.49 bits per heavy atom. The molecule has 6 nitrogen and oxygen atoms in total. The molecule has 5 aromatic rings. The van der Waals surface area contributed by atoms with Crippen molar-refractivity contribution < 1.29 is 9.59 Å². The minimum atomic E-state index is -1.18. The number of fused-ring (bicyclic) bond motifs is 1. The average Bonchev–Trinajstić information content (AvgIpc) is 3.47. The van der Waals surface area contributed by atoms with E-state index in [0.717, 1.165) is 38.2 Å². The average molecular weight is 630 g/mol. The number of nitrogens with zero attached hydrogens (tertiary/aromatic N) is 3. The number of hydrogen-bond donors (Lipinski definition) is 1. The van der Waals surface area contributed by atoms with Crippen LogP contribution in [0.2, 0.25) is 10.0 Å². The molecular weight excluding hydrogens is 599 g/mol. The van der Waals surface area contributed by atoms with Gasteiger partial charge < -0.3 is 14.8 Å². The summed E-state index contributed by atoms with van der Waals surface area (Å²) >= 11 is 14.0. The van der Waals surface area contributed by atoms with E-state index in [1.807, 2.05) is 115 Å². The number of carbonyl (C=O) groups excluding carboxylic acids is 2.